The fourth-order valence-electron chi connectivity index (χ4n) is 2.75. The first kappa shape index (κ1) is 15.3. The lowest BCUT2D eigenvalue weighted by Crippen LogP contribution is -2.34. The molecule has 1 aliphatic rings. The molecule has 3 unspecified atom stereocenters. The van der Waals surface area contributed by atoms with Crippen LogP contribution in [0.15, 0.2) is 24.3 Å². The topological polar surface area (TPSA) is 32.3 Å². The zero-order valence-electron chi connectivity index (χ0n) is 11.5. The summed E-state index contributed by atoms with van der Waals surface area (Å²) in [6.07, 6.45) is -1.89. The zero-order valence-corrected chi connectivity index (χ0v) is 11.5. The lowest BCUT2D eigenvalue weighted by Gasteiger charge is -2.20. The Kier molecular flexibility index (Phi) is 4.70. The lowest BCUT2D eigenvalue weighted by atomic mass is 10.0. The third-order valence-corrected chi connectivity index (χ3v) is 4.03. The molecule has 2 nitrogen and oxygen atoms in total. The van der Waals surface area contributed by atoms with Crippen molar-refractivity contribution in [3.05, 3.63) is 35.4 Å². The molecule has 0 amide bonds. The number of benzene rings is 1. The van der Waals surface area contributed by atoms with E-state index in [0.717, 1.165) is 25.0 Å². The molecule has 0 saturated heterocycles. The minimum absolute atomic E-state index is 0.288. The molecule has 1 aromatic rings. The average Bonchev–Trinajstić information content (AvgIpc) is 2.81. The molecule has 2 N–H and O–H groups in total. The quantitative estimate of drug-likeness (QED) is 0.888. The molecule has 20 heavy (non-hydrogen) atoms. The Morgan fingerprint density at radius 1 is 1.35 bits per heavy atom. The van der Waals surface area contributed by atoms with Crippen LogP contribution in [0.3, 0.4) is 0 Å². The first-order chi connectivity index (χ1) is 9.38. The van der Waals surface area contributed by atoms with Gasteiger partial charge in [0.15, 0.2) is 0 Å². The molecule has 0 heterocycles. The van der Waals surface area contributed by atoms with Gasteiger partial charge in [0.25, 0.3) is 0 Å². The van der Waals surface area contributed by atoms with Gasteiger partial charge in [-0.3, -0.25) is 0 Å². The molecule has 0 aromatic heterocycles. The highest BCUT2D eigenvalue weighted by atomic mass is 19.4. The van der Waals surface area contributed by atoms with Gasteiger partial charge in [0.05, 0.1) is 11.7 Å². The Hall–Kier alpha value is -1.07. The molecule has 1 aromatic carbocycles. The number of aliphatic hydroxyl groups excluding tert-OH is 1. The number of hydrogen-bond acceptors (Lipinski definition) is 2. The van der Waals surface area contributed by atoms with E-state index < -0.39 is 17.8 Å². The van der Waals surface area contributed by atoms with Gasteiger partial charge in [-0.05, 0) is 36.5 Å². The Labute approximate surface area is 117 Å². The van der Waals surface area contributed by atoms with Crippen LogP contribution in [0, 0.1) is 5.92 Å². The van der Waals surface area contributed by atoms with Crippen LogP contribution in [0.5, 0.6) is 0 Å². The maximum atomic E-state index is 12.6. The Morgan fingerprint density at radius 3 is 2.70 bits per heavy atom. The van der Waals surface area contributed by atoms with E-state index in [-0.39, 0.29) is 6.54 Å². The summed E-state index contributed by atoms with van der Waals surface area (Å²) in [5.74, 6) is 0.559. The summed E-state index contributed by atoms with van der Waals surface area (Å²) in [6.45, 7) is 2.44. The second-order valence-corrected chi connectivity index (χ2v) is 5.56. The van der Waals surface area contributed by atoms with Gasteiger partial charge in [-0.2, -0.15) is 13.2 Å². The number of nitrogens with one attached hydrogen (secondary N) is 1. The standard InChI is InChI=1S/C15H20F3NO/c1-10-4-2-7-13(10)19-9-14(20)11-5-3-6-12(8-11)15(16,17)18/h3,5-6,8,10,13-14,19-20H,2,4,7,9H2,1H3. The average molecular weight is 287 g/mol. The van der Waals surface area contributed by atoms with Crippen molar-refractivity contribution in [2.75, 3.05) is 6.54 Å². The monoisotopic (exact) mass is 287 g/mol. The molecule has 112 valence electrons. The van der Waals surface area contributed by atoms with Crippen molar-refractivity contribution in [1.82, 2.24) is 5.32 Å². The van der Waals surface area contributed by atoms with Crippen LogP contribution >= 0.6 is 0 Å². The molecule has 3 atom stereocenters. The fraction of sp³-hybridized carbons (Fsp3) is 0.600. The summed E-state index contributed by atoms with van der Waals surface area (Å²) >= 11 is 0. The summed E-state index contributed by atoms with van der Waals surface area (Å²) in [6, 6.07) is 5.25. The van der Waals surface area contributed by atoms with Gasteiger partial charge >= 0.3 is 6.18 Å². The van der Waals surface area contributed by atoms with Crippen LogP contribution in [0.1, 0.15) is 43.4 Å². The molecule has 0 radical (unpaired) electrons. The third kappa shape index (κ3) is 3.73. The SMILES string of the molecule is CC1CCCC1NCC(O)c1cccc(C(F)(F)F)c1. The van der Waals surface area contributed by atoms with Crippen LogP contribution in [0.2, 0.25) is 0 Å². The maximum absolute atomic E-state index is 12.6. The van der Waals surface area contributed by atoms with Gasteiger partial charge in [0, 0.05) is 12.6 Å². The van der Waals surface area contributed by atoms with E-state index in [1.807, 2.05) is 0 Å². The second kappa shape index (κ2) is 6.14. The normalized spacial score (nSPS) is 24.9. The Balaban J connectivity index is 1.97. The highest BCUT2D eigenvalue weighted by Gasteiger charge is 2.31. The molecule has 1 aliphatic carbocycles. The van der Waals surface area contributed by atoms with Crippen LogP contribution < -0.4 is 5.32 Å². The number of aliphatic hydroxyl groups is 1. The van der Waals surface area contributed by atoms with E-state index in [9.17, 15) is 18.3 Å². The van der Waals surface area contributed by atoms with Gasteiger partial charge in [-0.25, -0.2) is 0 Å². The number of hydrogen-bond donors (Lipinski definition) is 2. The Morgan fingerprint density at radius 2 is 2.10 bits per heavy atom. The predicted molar refractivity (Wildman–Crippen MR) is 71.2 cm³/mol. The van der Waals surface area contributed by atoms with Gasteiger partial charge in [0.1, 0.15) is 0 Å². The van der Waals surface area contributed by atoms with E-state index >= 15 is 0 Å². The van der Waals surface area contributed by atoms with Crippen molar-refractivity contribution < 1.29 is 18.3 Å². The van der Waals surface area contributed by atoms with Crippen molar-refractivity contribution in [2.45, 2.75) is 44.5 Å². The minimum Gasteiger partial charge on any atom is -0.387 e. The van der Waals surface area contributed by atoms with Gasteiger partial charge in [0.2, 0.25) is 0 Å². The molecule has 5 heteroatoms. The van der Waals surface area contributed by atoms with Gasteiger partial charge < -0.3 is 10.4 Å². The molecule has 0 bridgehead atoms. The predicted octanol–water partition coefficient (Wildman–Crippen LogP) is 3.52. The molecular formula is C15H20F3NO. The minimum atomic E-state index is -4.37. The first-order valence-electron chi connectivity index (χ1n) is 6.96. The van der Waals surface area contributed by atoms with Gasteiger partial charge in [-0.15, -0.1) is 0 Å². The van der Waals surface area contributed by atoms with E-state index in [4.69, 9.17) is 0 Å². The van der Waals surface area contributed by atoms with E-state index in [1.165, 1.54) is 18.6 Å². The molecule has 1 saturated carbocycles. The zero-order chi connectivity index (χ0) is 14.8. The number of alkyl halides is 3. The summed E-state index contributed by atoms with van der Waals surface area (Å²) in [7, 11) is 0. The number of rotatable bonds is 4. The van der Waals surface area contributed by atoms with Crippen molar-refractivity contribution >= 4 is 0 Å². The Bertz CT molecular complexity index is 447. The molecule has 0 aliphatic heterocycles. The van der Waals surface area contributed by atoms with Crippen LogP contribution in [0.4, 0.5) is 13.2 Å². The molecule has 1 fully saturated rings. The van der Waals surface area contributed by atoms with Crippen molar-refractivity contribution in [3.63, 3.8) is 0 Å². The summed E-state index contributed by atoms with van der Waals surface area (Å²) in [4.78, 5) is 0. The van der Waals surface area contributed by atoms with E-state index in [1.54, 1.807) is 0 Å². The molecular weight excluding hydrogens is 267 g/mol. The van der Waals surface area contributed by atoms with Crippen LogP contribution in [-0.4, -0.2) is 17.7 Å². The second-order valence-electron chi connectivity index (χ2n) is 5.56. The smallest absolute Gasteiger partial charge is 0.387 e. The van der Waals surface area contributed by atoms with Crippen LogP contribution in [-0.2, 0) is 6.18 Å². The first-order valence-corrected chi connectivity index (χ1v) is 6.96. The van der Waals surface area contributed by atoms with Crippen LogP contribution in [0.25, 0.3) is 0 Å². The lowest BCUT2D eigenvalue weighted by molar-refractivity contribution is -0.137. The van der Waals surface area contributed by atoms with Crippen molar-refractivity contribution in [1.29, 1.82) is 0 Å². The molecule has 0 spiro atoms. The van der Waals surface area contributed by atoms with E-state index in [0.29, 0.717) is 17.5 Å². The maximum Gasteiger partial charge on any atom is 0.416 e. The summed E-state index contributed by atoms with van der Waals surface area (Å²) in [5, 5.41) is 13.3. The summed E-state index contributed by atoms with van der Waals surface area (Å²) in [5.41, 5.74) is -0.416. The van der Waals surface area contributed by atoms with Crippen molar-refractivity contribution in [2.24, 2.45) is 5.92 Å². The third-order valence-electron chi connectivity index (χ3n) is 4.03. The molecule has 2 rings (SSSR count). The number of halogens is 3. The largest absolute Gasteiger partial charge is 0.416 e. The van der Waals surface area contributed by atoms with Crippen molar-refractivity contribution in [3.8, 4) is 0 Å². The van der Waals surface area contributed by atoms with E-state index in [2.05, 4.69) is 12.2 Å². The van der Waals surface area contributed by atoms with Gasteiger partial charge in [-0.1, -0.05) is 25.5 Å². The fourth-order valence-corrected chi connectivity index (χ4v) is 2.75. The highest BCUT2D eigenvalue weighted by Crippen LogP contribution is 2.31. The summed E-state index contributed by atoms with van der Waals surface area (Å²) < 4.78 is 37.9. The highest BCUT2D eigenvalue weighted by molar-refractivity contribution is 5.27.